The standard InChI is InChI=1S/C23H26ClN3O4S/c1-30-17-3-5-18(6-4-17)31-13-12-26-8-10-27(11-9-26)22(28)15-21-23(29)25-19-14-16(24)2-7-20(19)32-21/h2-7,14,21H,8-13,15H2,1H3,(H,25,29)/t21-/m0/s1. The normalized spacial score (nSPS) is 18.6. The van der Waals surface area contributed by atoms with Crippen molar-refractivity contribution in [3.8, 4) is 11.5 Å². The molecule has 0 aromatic heterocycles. The second kappa shape index (κ2) is 10.5. The van der Waals surface area contributed by atoms with E-state index < -0.39 is 5.25 Å². The van der Waals surface area contributed by atoms with Crippen molar-refractivity contribution in [2.45, 2.75) is 16.6 Å². The van der Waals surface area contributed by atoms with Gasteiger partial charge in [0, 0.05) is 49.1 Å². The highest BCUT2D eigenvalue weighted by atomic mass is 35.5. The third-order valence-electron chi connectivity index (χ3n) is 5.58. The molecule has 1 saturated heterocycles. The molecule has 0 saturated carbocycles. The van der Waals surface area contributed by atoms with E-state index >= 15 is 0 Å². The zero-order chi connectivity index (χ0) is 22.5. The lowest BCUT2D eigenvalue weighted by Crippen LogP contribution is -2.50. The van der Waals surface area contributed by atoms with Crippen molar-refractivity contribution >= 4 is 40.9 Å². The van der Waals surface area contributed by atoms with E-state index in [-0.39, 0.29) is 18.2 Å². The predicted octanol–water partition coefficient (Wildman–Crippen LogP) is 3.37. The van der Waals surface area contributed by atoms with Crippen LogP contribution in [0.5, 0.6) is 11.5 Å². The van der Waals surface area contributed by atoms with E-state index in [4.69, 9.17) is 21.1 Å². The summed E-state index contributed by atoms with van der Waals surface area (Å²) in [5.74, 6) is 1.49. The number of rotatable bonds is 7. The van der Waals surface area contributed by atoms with Crippen LogP contribution >= 0.6 is 23.4 Å². The molecule has 7 nitrogen and oxygen atoms in total. The lowest BCUT2D eigenvalue weighted by Gasteiger charge is -2.35. The number of amides is 2. The van der Waals surface area contributed by atoms with Gasteiger partial charge in [-0.05, 0) is 42.5 Å². The van der Waals surface area contributed by atoms with Gasteiger partial charge in [-0.1, -0.05) is 11.6 Å². The lowest BCUT2D eigenvalue weighted by molar-refractivity contribution is -0.134. The summed E-state index contributed by atoms with van der Waals surface area (Å²) in [5.41, 5.74) is 0.710. The number of halogens is 1. The van der Waals surface area contributed by atoms with Crippen molar-refractivity contribution in [1.82, 2.24) is 9.80 Å². The summed E-state index contributed by atoms with van der Waals surface area (Å²) in [6, 6.07) is 12.9. The Morgan fingerprint density at radius 2 is 1.84 bits per heavy atom. The number of hydrogen-bond donors (Lipinski definition) is 1. The topological polar surface area (TPSA) is 71.1 Å². The number of piperazine rings is 1. The van der Waals surface area contributed by atoms with Crippen LogP contribution in [0.4, 0.5) is 5.69 Å². The van der Waals surface area contributed by atoms with Crippen LogP contribution in [0.1, 0.15) is 6.42 Å². The molecule has 0 bridgehead atoms. The number of hydrogen-bond acceptors (Lipinski definition) is 6. The van der Waals surface area contributed by atoms with E-state index in [1.807, 2.05) is 35.2 Å². The average Bonchev–Trinajstić information content (AvgIpc) is 2.80. The summed E-state index contributed by atoms with van der Waals surface area (Å²) < 4.78 is 10.9. The molecular formula is C23H26ClN3O4S. The van der Waals surface area contributed by atoms with Gasteiger partial charge in [0.1, 0.15) is 18.1 Å². The molecule has 2 aliphatic rings. The number of nitrogens with zero attached hydrogens (tertiary/aromatic N) is 2. The summed E-state index contributed by atoms with van der Waals surface area (Å²) >= 11 is 7.42. The monoisotopic (exact) mass is 475 g/mol. The number of ether oxygens (including phenoxy) is 2. The Morgan fingerprint density at radius 1 is 1.12 bits per heavy atom. The van der Waals surface area contributed by atoms with Gasteiger partial charge in [-0.2, -0.15) is 0 Å². The van der Waals surface area contributed by atoms with E-state index in [0.717, 1.165) is 36.0 Å². The Hall–Kier alpha value is -2.42. The van der Waals surface area contributed by atoms with Crippen LogP contribution in [0.25, 0.3) is 0 Å². The first-order chi connectivity index (χ1) is 15.5. The van der Waals surface area contributed by atoms with Crippen molar-refractivity contribution in [3.05, 3.63) is 47.5 Å². The van der Waals surface area contributed by atoms with Gasteiger partial charge in [0.2, 0.25) is 11.8 Å². The predicted molar refractivity (Wildman–Crippen MR) is 126 cm³/mol. The zero-order valence-electron chi connectivity index (χ0n) is 17.9. The van der Waals surface area contributed by atoms with E-state index in [1.54, 1.807) is 19.2 Å². The third kappa shape index (κ3) is 5.68. The van der Waals surface area contributed by atoms with Crippen molar-refractivity contribution in [3.63, 3.8) is 0 Å². The quantitative estimate of drug-likeness (QED) is 0.662. The minimum Gasteiger partial charge on any atom is -0.497 e. The Morgan fingerprint density at radius 3 is 2.56 bits per heavy atom. The van der Waals surface area contributed by atoms with E-state index in [1.165, 1.54) is 11.8 Å². The van der Waals surface area contributed by atoms with Crippen molar-refractivity contribution in [2.24, 2.45) is 0 Å². The minimum absolute atomic E-state index is 0.0178. The number of carbonyl (C=O) groups excluding carboxylic acids is 2. The maximum absolute atomic E-state index is 12.8. The number of thioether (sulfide) groups is 1. The van der Waals surface area contributed by atoms with E-state index in [9.17, 15) is 9.59 Å². The first kappa shape index (κ1) is 22.8. The first-order valence-electron chi connectivity index (χ1n) is 10.6. The van der Waals surface area contributed by atoms with Crippen LogP contribution in [0.3, 0.4) is 0 Å². The Kier molecular flexibility index (Phi) is 7.44. The Bertz CT molecular complexity index is 964. The van der Waals surface area contributed by atoms with Gasteiger partial charge >= 0.3 is 0 Å². The van der Waals surface area contributed by atoms with Gasteiger partial charge < -0.3 is 19.7 Å². The average molecular weight is 476 g/mol. The van der Waals surface area contributed by atoms with Gasteiger partial charge in [0.05, 0.1) is 18.0 Å². The molecule has 4 rings (SSSR count). The molecule has 2 aromatic carbocycles. The van der Waals surface area contributed by atoms with Crippen LogP contribution in [0, 0.1) is 0 Å². The van der Waals surface area contributed by atoms with E-state index in [2.05, 4.69) is 10.2 Å². The smallest absolute Gasteiger partial charge is 0.238 e. The van der Waals surface area contributed by atoms with Crippen LogP contribution < -0.4 is 14.8 Å². The zero-order valence-corrected chi connectivity index (χ0v) is 19.5. The summed E-state index contributed by atoms with van der Waals surface area (Å²) in [5, 5.41) is 3.02. The van der Waals surface area contributed by atoms with Crippen molar-refractivity contribution in [2.75, 3.05) is 51.8 Å². The number of fused-ring (bicyclic) bond motifs is 1. The van der Waals surface area contributed by atoms with E-state index in [0.29, 0.717) is 30.4 Å². The number of carbonyl (C=O) groups is 2. The van der Waals surface area contributed by atoms with Gasteiger partial charge in [-0.25, -0.2) is 0 Å². The summed E-state index contributed by atoms with van der Waals surface area (Å²) in [4.78, 5) is 30.3. The Balaban J connectivity index is 1.20. The molecule has 170 valence electrons. The van der Waals surface area contributed by atoms with Crippen LogP contribution in [-0.4, -0.2) is 73.3 Å². The Labute approximate surface area is 197 Å². The second-order valence-corrected chi connectivity index (χ2v) is 9.37. The van der Waals surface area contributed by atoms with Gasteiger partial charge in [-0.3, -0.25) is 14.5 Å². The van der Waals surface area contributed by atoms with Gasteiger partial charge in [-0.15, -0.1) is 11.8 Å². The minimum atomic E-state index is -0.424. The molecule has 0 spiro atoms. The number of methoxy groups -OCH3 is 1. The molecule has 2 aromatic rings. The molecule has 2 aliphatic heterocycles. The molecule has 1 N–H and O–H groups in total. The summed E-state index contributed by atoms with van der Waals surface area (Å²) in [6.07, 6.45) is 0.194. The number of benzene rings is 2. The number of nitrogens with one attached hydrogen (secondary N) is 1. The molecule has 32 heavy (non-hydrogen) atoms. The highest BCUT2D eigenvalue weighted by Gasteiger charge is 2.31. The SMILES string of the molecule is COc1ccc(OCCN2CCN(C(=O)C[C@@H]3Sc4ccc(Cl)cc4NC3=O)CC2)cc1. The fourth-order valence-corrected chi connectivity index (χ4v) is 4.98. The van der Waals surface area contributed by atoms with Gasteiger partial charge in [0.15, 0.2) is 0 Å². The highest BCUT2D eigenvalue weighted by Crippen LogP contribution is 2.38. The number of anilines is 1. The summed E-state index contributed by atoms with van der Waals surface area (Å²) in [6.45, 7) is 4.29. The van der Waals surface area contributed by atoms with Crippen molar-refractivity contribution < 1.29 is 19.1 Å². The summed E-state index contributed by atoms with van der Waals surface area (Å²) in [7, 11) is 1.64. The molecule has 9 heteroatoms. The molecular weight excluding hydrogens is 450 g/mol. The molecule has 1 fully saturated rings. The molecule has 0 aliphatic carbocycles. The maximum Gasteiger partial charge on any atom is 0.238 e. The van der Waals surface area contributed by atoms with Crippen LogP contribution in [0.2, 0.25) is 5.02 Å². The highest BCUT2D eigenvalue weighted by molar-refractivity contribution is 8.01. The molecule has 2 heterocycles. The first-order valence-corrected chi connectivity index (χ1v) is 11.8. The molecule has 2 amide bonds. The fourth-order valence-electron chi connectivity index (χ4n) is 3.73. The molecule has 1 atom stereocenters. The van der Waals surface area contributed by atoms with Gasteiger partial charge in [0.25, 0.3) is 0 Å². The van der Waals surface area contributed by atoms with Crippen LogP contribution in [-0.2, 0) is 9.59 Å². The lowest BCUT2D eigenvalue weighted by atomic mass is 10.2. The maximum atomic E-state index is 12.8. The second-order valence-electron chi connectivity index (χ2n) is 7.69. The third-order valence-corrected chi connectivity index (χ3v) is 7.09. The van der Waals surface area contributed by atoms with Crippen LogP contribution in [0.15, 0.2) is 47.4 Å². The van der Waals surface area contributed by atoms with Crippen molar-refractivity contribution in [1.29, 1.82) is 0 Å². The largest absolute Gasteiger partial charge is 0.497 e. The molecule has 0 unspecified atom stereocenters. The fraction of sp³-hybridized carbons (Fsp3) is 0.391. The molecule has 0 radical (unpaired) electrons.